The van der Waals surface area contributed by atoms with Gasteiger partial charge in [-0.2, -0.15) is 0 Å². The Morgan fingerprint density at radius 2 is 2.00 bits per heavy atom. The first-order valence-corrected chi connectivity index (χ1v) is 5.21. The van der Waals surface area contributed by atoms with Crippen LogP contribution in [0.2, 0.25) is 0 Å². The van der Waals surface area contributed by atoms with Crippen molar-refractivity contribution in [3.8, 4) is 0 Å². The van der Waals surface area contributed by atoms with Crippen molar-refractivity contribution in [2.75, 3.05) is 6.61 Å². The molecule has 0 radical (unpaired) electrons. The Morgan fingerprint density at radius 1 is 1.46 bits per heavy atom. The smallest absolute Gasteiger partial charge is 0.0626 e. The van der Waals surface area contributed by atoms with Crippen LogP contribution in [0.15, 0.2) is 0 Å². The van der Waals surface area contributed by atoms with Crippen molar-refractivity contribution in [2.24, 2.45) is 5.92 Å². The number of hydrogen-bond donors (Lipinski definition) is 1. The van der Waals surface area contributed by atoms with Crippen molar-refractivity contribution in [1.82, 2.24) is 0 Å². The summed E-state index contributed by atoms with van der Waals surface area (Å²) in [7, 11) is 0. The highest BCUT2D eigenvalue weighted by Crippen LogP contribution is 2.37. The van der Waals surface area contributed by atoms with E-state index in [2.05, 4.69) is 20.8 Å². The fourth-order valence-corrected chi connectivity index (χ4v) is 1.75. The summed E-state index contributed by atoms with van der Waals surface area (Å²) in [5.41, 5.74) is -0.411. The van der Waals surface area contributed by atoms with E-state index in [1.807, 2.05) is 6.92 Å². The molecule has 0 aromatic rings. The van der Waals surface area contributed by atoms with Crippen molar-refractivity contribution in [1.29, 1.82) is 0 Å². The summed E-state index contributed by atoms with van der Waals surface area (Å²) in [5, 5.41) is 9.51. The zero-order valence-electron chi connectivity index (χ0n) is 9.26. The van der Waals surface area contributed by atoms with E-state index in [9.17, 15) is 5.11 Å². The van der Waals surface area contributed by atoms with Gasteiger partial charge in [0.25, 0.3) is 0 Å². The van der Waals surface area contributed by atoms with Gasteiger partial charge in [-0.25, -0.2) is 0 Å². The first-order chi connectivity index (χ1) is 5.85. The molecule has 0 aromatic carbocycles. The van der Waals surface area contributed by atoms with E-state index in [0.717, 1.165) is 25.9 Å². The van der Waals surface area contributed by atoms with Gasteiger partial charge in [-0.05, 0) is 46.0 Å². The minimum Gasteiger partial charge on any atom is -0.390 e. The molecule has 2 heteroatoms. The lowest BCUT2D eigenvalue weighted by atomic mass is 9.72. The normalized spacial score (nSPS) is 34.4. The van der Waals surface area contributed by atoms with E-state index >= 15 is 0 Å². The zero-order valence-corrected chi connectivity index (χ0v) is 9.26. The van der Waals surface area contributed by atoms with Crippen LogP contribution in [0.4, 0.5) is 0 Å². The summed E-state index contributed by atoms with van der Waals surface area (Å²) in [6.45, 7) is 9.07. The monoisotopic (exact) mass is 186 g/mol. The largest absolute Gasteiger partial charge is 0.390 e. The molecular weight excluding hydrogens is 164 g/mol. The van der Waals surface area contributed by atoms with Crippen LogP contribution >= 0.6 is 0 Å². The Balaban J connectivity index is 2.15. The maximum Gasteiger partial charge on any atom is 0.0626 e. The van der Waals surface area contributed by atoms with E-state index in [-0.39, 0.29) is 5.60 Å². The molecule has 1 aliphatic rings. The van der Waals surface area contributed by atoms with Gasteiger partial charge in [-0.3, -0.25) is 0 Å². The molecule has 1 N–H and O–H groups in total. The Labute approximate surface area is 81.3 Å². The van der Waals surface area contributed by atoms with Crippen molar-refractivity contribution in [3.05, 3.63) is 0 Å². The molecule has 0 aliphatic heterocycles. The average Bonchev–Trinajstić information content (AvgIpc) is 1.97. The molecule has 0 amide bonds. The minimum absolute atomic E-state index is 0.00144. The first-order valence-electron chi connectivity index (χ1n) is 5.21. The van der Waals surface area contributed by atoms with Crippen molar-refractivity contribution >= 4 is 0 Å². The number of aliphatic hydroxyl groups is 1. The van der Waals surface area contributed by atoms with Crippen LogP contribution in [0.5, 0.6) is 0 Å². The van der Waals surface area contributed by atoms with Crippen LogP contribution in [0.3, 0.4) is 0 Å². The van der Waals surface area contributed by atoms with Gasteiger partial charge >= 0.3 is 0 Å². The molecule has 0 heterocycles. The highest BCUT2D eigenvalue weighted by molar-refractivity contribution is 4.90. The lowest BCUT2D eigenvalue weighted by Crippen LogP contribution is -2.44. The minimum atomic E-state index is -0.412. The van der Waals surface area contributed by atoms with E-state index in [0.29, 0.717) is 5.92 Å². The first kappa shape index (κ1) is 11.0. The molecular formula is C11H22O2. The third-order valence-electron chi connectivity index (χ3n) is 3.02. The lowest BCUT2D eigenvalue weighted by molar-refractivity contribution is -0.113. The van der Waals surface area contributed by atoms with Crippen LogP contribution in [0.25, 0.3) is 0 Å². The topological polar surface area (TPSA) is 29.5 Å². The van der Waals surface area contributed by atoms with Crippen LogP contribution in [-0.2, 0) is 4.74 Å². The van der Waals surface area contributed by atoms with Gasteiger partial charge in [0.15, 0.2) is 0 Å². The summed E-state index contributed by atoms with van der Waals surface area (Å²) in [4.78, 5) is 0. The molecule has 0 aromatic heterocycles. The fraction of sp³-hybridized carbons (Fsp3) is 1.00. The van der Waals surface area contributed by atoms with Crippen molar-refractivity contribution < 1.29 is 9.84 Å². The predicted molar refractivity (Wildman–Crippen MR) is 53.7 cm³/mol. The molecule has 0 bridgehead atoms. The van der Waals surface area contributed by atoms with Crippen LogP contribution in [-0.4, -0.2) is 22.9 Å². The third-order valence-corrected chi connectivity index (χ3v) is 3.02. The summed E-state index contributed by atoms with van der Waals surface area (Å²) in [5.74, 6) is 0.570. The Hall–Kier alpha value is -0.0800. The highest BCUT2D eigenvalue weighted by atomic mass is 16.5. The molecule has 0 atom stereocenters. The maximum absolute atomic E-state index is 9.51. The second kappa shape index (κ2) is 3.58. The molecule has 78 valence electrons. The molecule has 0 unspecified atom stereocenters. The van der Waals surface area contributed by atoms with Gasteiger partial charge < -0.3 is 9.84 Å². The second-order valence-corrected chi connectivity index (χ2v) is 5.20. The van der Waals surface area contributed by atoms with Gasteiger partial charge in [0.05, 0.1) is 17.8 Å². The maximum atomic E-state index is 9.51. The molecule has 13 heavy (non-hydrogen) atoms. The summed E-state index contributed by atoms with van der Waals surface area (Å²) >= 11 is 0. The van der Waals surface area contributed by atoms with Crippen LogP contribution in [0, 0.1) is 5.92 Å². The number of ether oxygens (including phenoxy) is 1. The van der Waals surface area contributed by atoms with E-state index in [1.165, 1.54) is 0 Å². The molecule has 1 aliphatic carbocycles. The average molecular weight is 186 g/mol. The van der Waals surface area contributed by atoms with E-state index in [4.69, 9.17) is 4.74 Å². The van der Waals surface area contributed by atoms with Crippen molar-refractivity contribution in [2.45, 2.75) is 58.2 Å². The van der Waals surface area contributed by atoms with Crippen molar-refractivity contribution in [3.63, 3.8) is 0 Å². The highest BCUT2D eigenvalue weighted by Gasteiger charge is 2.38. The Morgan fingerprint density at radius 3 is 2.38 bits per heavy atom. The SMILES string of the molecule is CCC(C)(C)OCC1CC(C)(O)C1. The standard InChI is InChI=1S/C11H22O2/c1-5-10(2,3)13-8-9-6-11(4,12)7-9/h9,12H,5-8H2,1-4H3. The molecule has 0 saturated heterocycles. The molecule has 1 saturated carbocycles. The zero-order chi connectivity index (χ0) is 10.1. The Bertz CT molecular complexity index is 165. The van der Waals surface area contributed by atoms with E-state index < -0.39 is 5.60 Å². The van der Waals surface area contributed by atoms with Gasteiger partial charge in [0, 0.05) is 0 Å². The molecule has 1 fully saturated rings. The lowest BCUT2D eigenvalue weighted by Gasteiger charge is -2.42. The third kappa shape index (κ3) is 3.28. The Kier molecular flexibility index (Phi) is 3.03. The van der Waals surface area contributed by atoms with Crippen LogP contribution < -0.4 is 0 Å². The summed E-state index contributed by atoms with van der Waals surface area (Å²) < 4.78 is 5.76. The van der Waals surface area contributed by atoms with Crippen LogP contribution in [0.1, 0.15) is 47.0 Å². The number of rotatable bonds is 4. The molecule has 0 spiro atoms. The molecule has 1 rings (SSSR count). The van der Waals surface area contributed by atoms with Gasteiger partial charge in [0.2, 0.25) is 0 Å². The summed E-state index contributed by atoms with van der Waals surface area (Å²) in [6, 6.07) is 0. The quantitative estimate of drug-likeness (QED) is 0.730. The van der Waals surface area contributed by atoms with Gasteiger partial charge in [0.1, 0.15) is 0 Å². The van der Waals surface area contributed by atoms with E-state index in [1.54, 1.807) is 0 Å². The van der Waals surface area contributed by atoms with Gasteiger partial charge in [-0.15, -0.1) is 0 Å². The predicted octanol–water partition coefficient (Wildman–Crippen LogP) is 2.35. The fourth-order valence-electron chi connectivity index (χ4n) is 1.75. The van der Waals surface area contributed by atoms with Gasteiger partial charge in [-0.1, -0.05) is 6.92 Å². The number of hydrogen-bond acceptors (Lipinski definition) is 2. The molecule has 2 nitrogen and oxygen atoms in total. The second-order valence-electron chi connectivity index (χ2n) is 5.20. The summed E-state index contributed by atoms with van der Waals surface area (Å²) in [6.07, 6.45) is 2.83.